The van der Waals surface area contributed by atoms with Gasteiger partial charge in [-0.1, -0.05) is 11.6 Å². The first kappa shape index (κ1) is 15.0. The van der Waals surface area contributed by atoms with Gasteiger partial charge in [-0.05, 0) is 44.5 Å². The molecule has 116 valence electrons. The molecule has 2 nitrogen and oxygen atoms in total. The van der Waals surface area contributed by atoms with E-state index in [-0.39, 0.29) is 16.8 Å². The average molecular weight is 319 g/mol. The van der Waals surface area contributed by atoms with Crippen molar-refractivity contribution in [3.8, 4) is 0 Å². The van der Waals surface area contributed by atoms with E-state index in [0.29, 0.717) is 12.6 Å². The van der Waals surface area contributed by atoms with Gasteiger partial charge in [0, 0.05) is 35.9 Å². The Bertz CT molecular complexity index is 532. The Morgan fingerprint density at radius 3 is 2.71 bits per heavy atom. The lowest BCUT2D eigenvalue weighted by atomic mass is 10.0. The lowest BCUT2D eigenvalue weighted by Gasteiger charge is -2.44. The molecule has 2 unspecified atom stereocenters. The molecule has 0 aromatic heterocycles. The van der Waals surface area contributed by atoms with Gasteiger partial charge in [0.05, 0.1) is 5.56 Å². The molecule has 0 bridgehead atoms. The molecule has 2 heterocycles. The van der Waals surface area contributed by atoms with Crippen LogP contribution in [0.5, 0.6) is 0 Å². The quantitative estimate of drug-likeness (QED) is 0.771. The van der Waals surface area contributed by atoms with Crippen LogP contribution in [0.3, 0.4) is 0 Å². The van der Waals surface area contributed by atoms with Crippen LogP contribution in [-0.2, 0) is 6.18 Å². The van der Waals surface area contributed by atoms with E-state index in [4.69, 9.17) is 11.6 Å². The predicted octanol–water partition coefficient (Wildman–Crippen LogP) is 4.03. The largest absolute Gasteiger partial charge is 0.418 e. The molecule has 6 heteroatoms. The lowest BCUT2D eigenvalue weighted by molar-refractivity contribution is -0.137. The smallest absolute Gasteiger partial charge is 0.365 e. The van der Waals surface area contributed by atoms with Gasteiger partial charge in [-0.2, -0.15) is 13.2 Å². The van der Waals surface area contributed by atoms with Gasteiger partial charge < -0.3 is 4.90 Å². The summed E-state index contributed by atoms with van der Waals surface area (Å²) < 4.78 is 39.8. The van der Waals surface area contributed by atoms with Crippen molar-refractivity contribution in [2.45, 2.75) is 38.0 Å². The van der Waals surface area contributed by atoms with Gasteiger partial charge >= 0.3 is 6.18 Å². The van der Waals surface area contributed by atoms with Crippen LogP contribution in [0.2, 0.25) is 5.02 Å². The van der Waals surface area contributed by atoms with E-state index in [9.17, 15) is 13.2 Å². The summed E-state index contributed by atoms with van der Waals surface area (Å²) in [6.45, 7) is 4.54. The second-order valence-electron chi connectivity index (χ2n) is 5.95. The van der Waals surface area contributed by atoms with E-state index in [0.717, 1.165) is 32.0 Å². The Morgan fingerprint density at radius 1 is 1.24 bits per heavy atom. The van der Waals surface area contributed by atoms with Crippen molar-refractivity contribution in [3.05, 3.63) is 28.8 Å². The van der Waals surface area contributed by atoms with Crippen molar-refractivity contribution in [1.29, 1.82) is 0 Å². The fourth-order valence-corrected chi connectivity index (χ4v) is 3.68. The molecule has 0 amide bonds. The van der Waals surface area contributed by atoms with Crippen LogP contribution >= 0.6 is 11.6 Å². The summed E-state index contributed by atoms with van der Waals surface area (Å²) in [5.41, 5.74) is -0.376. The van der Waals surface area contributed by atoms with Gasteiger partial charge in [-0.3, -0.25) is 4.90 Å². The highest BCUT2D eigenvalue weighted by Gasteiger charge is 2.39. The molecule has 2 aliphatic rings. The van der Waals surface area contributed by atoms with Crippen molar-refractivity contribution >= 4 is 17.3 Å². The van der Waals surface area contributed by atoms with Gasteiger partial charge in [0.1, 0.15) is 0 Å². The Hall–Kier alpha value is -0.940. The molecule has 21 heavy (non-hydrogen) atoms. The minimum Gasteiger partial charge on any atom is -0.365 e. The van der Waals surface area contributed by atoms with E-state index < -0.39 is 11.7 Å². The third-order valence-electron chi connectivity index (χ3n) is 4.51. The zero-order valence-electron chi connectivity index (χ0n) is 11.8. The summed E-state index contributed by atoms with van der Waals surface area (Å²) in [6.07, 6.45) is -2.18. The monoisotopic (exact) mass is 318 g/mol. The van der Waals surface area contributed by atoms with E-state index in [1.54, 1.807) is 6.07 Å². The molecule has 2 aliphatic heterocycles. The van der Waals surface area contributed by atoms with Crippen molar-refractivity contribution in [2.24, 2.45) is 0 Å². The van der Waals surface area contributed by atoms with Crippen LogP contribution in [0.4, 0.5) is 18.9 Å². The second-order valence-corrected chi connectivity index (χ2v) is 6.39. The van der Waals surface area contributed by atoms with Crippen molar-refractivity contribution in [3.63, 3.8) is 0 Å². The third-order valence-corrected chi connectivity index (χ3v) is 4.75. The predicted molar refractivity (Wildman–Crippen MR) is 77.9 cm³/mol. The fourth-order valence-electron chi connectivity index (χ4n) is 3.51. The zero-order chi connectivity index (χ0) is 15.2. The van der Waals surface area contributed by atoms with Crippen LogP contribution < -0.4 is 4.90 Å². The number of nitrogens with zero attached hydrogens (tertiary/aromatic N) is 2. The average Bonchev–Trinajstić information content (AvgIpc) is 2.84. The minimum atomic E-state index is -4.38. The highest BCUT2D eigenvalue weighted by atomic mass is 35.5. The maximum atomic E-state index is 13.3. The summed E-state index contributed by atoms with van der Waals surface area (Å²) in [7, 11) is 0. The van der Waals surface area contributed by atoms with Crippen LogP contribution in [0.1, 0.15) is 25.3 Å². The topological polar surface area (TPSA) is 6.48 Å². The van der Waals surface area contributed by atoms with E-state index in [2.05, 4.69) is 4.90 Å². The van der Waals surface area contributed by atoms with Crippen LogP contribution in [0.15, 0.2) is 18.2 Å². The number of alkyl halides is 3. The Kier molecular flexibility index (Phi) is 3.82. The highest BCUT2D eigenvalue weighted by molar-refractivity contribution is 6.30. The van der Waals surface area contributed by atoms with Crippen molar-refractivity contribution in [1.82, 2.24) is 4.90 Å². The molecular weight excluding hydrogens is 301 g/mol. The molecule has 1 aromatic rings. The first-order chi connectivity index (χ1) is 9.86. The van der Waals surface area contributed by atoms with Crippen molar-refractivity contribution < 1.29 is 13.2 Å². The van der Waals surface area contributed by atoms with Crippen LogP contribution in [-0.4, -0.2) is 36.6 Å². The standard InChI is InChI=1S/C15H18ClF3N2/c1-10-8-20-6-2-3-12(20)9-21(10)14-5-4-11(16)7-13(14)15(17,18)19/h4-5,7,10,12H,2-3,6,8-9H2,1H3. The summed E-state index contributed by atoms with van der Waals surface area (Å²) in [6, 6.07) is 4.52. The number of halogens is 4. The molecule has 0 spiro atoms. The molecule has 2 saturated heterocycles. The molecule has 3 rings (SSSR count). The minimum absolute atomic E-state index is 0.0709. The normalized spacial score (nSPS) is 27.0. The number of fused-ring (bicyclic) bond motifs is 1. The van der Waals surface area contributed by atoms with Crippen molar-refractivity contribution in [2.75, 3.05) is 24.5 Å². The summed E-state index contributed by atoms with van der Waals surface area (Å²) >= 11 is 5.76. The lowest BCUT2D eigenvalue weighted by Crippen LogP contribution is -2.55. The Balaban J connectivity index is 1.96. The number of hydrogen-bond acceptors (Lipinski definition) is 2. The number of hydrogen-bond donors (Lipinski definition) is 0. The summed E-state index contributed by atoms with van der Waals surface area (Å²) in [5, 5.41) is 0.123. The van der Waals surface area contributed by atoms with Crippen LogP contribution in [0, 0.1) is 0 Å². The zero-order valence-corrected chi connectivity index (χ0v) is 12.6. The van der Waals surface area contributed by atoms with E-state index in [1.165, 1.54) is 6.07 Å². The third kappa shape index (κ3) is 2.86. The fraction of sp³-hybridized carbons (Fsp3) is 0.600. The van der Waals surface area contributed by atoms with Gasteiger partial charge in [0.15, 0.2) is 0 Å². The Morgan fingerprint density at radius 2 is 2.00 bits per heavy atom. The number of piperazine rings is 1. The number of anilines is 1. The first-order valence-corrected chi connectivity index (χ1v) is 7.61. The van der Waals surface area contributed by atoms with Crippen LogP contribution in [0.25, 0.3) is 0 Å². The molecule has 0 aliphatic carbocycles. The second kappa shape index (κ2) is 5.36. The molecular formula is C15H18ClF3N2. The molecule has 2 fully saturated rings. The van der Waals surface area contributed by atoms with Gasteiger partial charge in [-0.25, -0.2) is 0 Å². The molecule has 1 aromatic carbocycles. The summed E-state index contributed by atoms with van der Waals surface area (Å²) in [5.74, 6) is 0. The molecule has 0 radical (unpaired) electrons. The number of benzene rings is 1. The highest BCUT2D eigenvalue weighted by Crippen LogP contribution is 2.40. The SMILES string of the molecule is CC1CN2CCCC2CN1c1ccc(Cl)cc1C(F)(F)F. The van der Waals surface area contributed by atoms with Gasteiger partial charge in [-0.15, -0.1) is 0 Å². The Labute approximate surface area is 127 Å². The molecule has 0 N–H and O–H groups in total. The van der Waals surface area contributed by atoms with E-state index >= 15 is 0 Å². The maximum Gasteiger partial charge on any atom is 0.418 e. The first-order valence-electron chi connectivity index (χ1n) is 7.23. The maximum absolute atomic E-state index is 13.3. The number of rotatable bonds is 1. The van der Waals surface area contributed by atoms with Gasteiger partial charge in [0.2, 0.25) is 0 Å². The van der Waals surface area contributed by atoms with E-state index in [1.807, 2.05) is 11.8 Å². The van der Waals surface area contributed by atoms with Gasteiger partial charge in [0.25, 0.3) is 0 Å². The summed E-state index contributed by atoms with van der Waals surface area (Å²) in [4.78, 5) is 4.29. The molecule has 0 saturated carbocycles. The molecule has 2 atom stereocenters.